The standard InChI is InChI=1S/C87H142N34O19S4/c1-44(2)34-55(112-70(128)52(20-12-30-102-85(94)95)109-64(124)38-105-63(123)37-106-69(127)50(88)18-10-28-100-83(90)91)72(130)115-59-41-142-144-43-61(78(136)119-66(45(3)4)80(138)107-39-65(125)108-51(68(89)126)19-11-29-101-84(92)93)118-81(139)67(46(5)6)120-77(135)60-42-143-141-40-58(116-74(132)57(114-76(59)134)36-48-24-26-49(122)27-25-48)75(133)111-54(22-14-32-104-87(98)99)82(140)121-33-15-23-62(121)79(137)110-53(21-13-31-103-86(96)97)71(129)113-56(73(131)117-60)35-47-16-8-7-9-17-47/h7-9,16-17,24-27,44-46,50-62,66-67,122H,10-15,18-23,28-43,88H2,1-6H3,(H2,89,126)(H,105,123)(H,106,127)(H,107,138)(H,108,125)(H,109,124)(H,110,137)(H,111,133)(H,112,128)(H,113,129)(H,114,134)(H,115,130)(H,116,132)(H,117,131)(H,118,139)(H,119,136)(H,120,135)(H4,90,91,100)(H4,92,93,101)(H4,94,95,102)(H4,96,97,103)(H4,98,99,104). The van der Waals surface area contributed by atoms with Crippen molar-refractivity contribution in [1.82, 2.24) is 117 Å². The second-order valence-corrected chi connectivity index (χ2v) is 40.5. The Kier molecular flexibility index (Phi) is 53.3. The summed E-state index contributed by atoms with van der Waals surface area (Å²) in [5.74, 6) is -23.7. The minimum absolute atomic E-state index is 0.00668. The Bertz CT molecular complexity index is 4770. The fraction of sp³-hybridized carbons (Fsp3) is 0.598. The SMILES string of the molecule is CC(C)CC(NC(=O)C(CCCNC(=N)N)NC(=O)CNC(=O)CNC(=O)C(N)CCCNC(=N)N)C(=O)NC1CSSCC(C(=O)NC(C(=O)NCC(=O)NC(CCCNC(=N)N)C(N)=O)C(C)C)NC(=O)C(C(C)C)NC(=O)C2CSSCC(NC(=O)C(Cc3ccc(O)cc3)NC1=O)C(=O)NC(CCCNC(=N)N)C(=O)N1CCCC1C(=O)NC(CCCNC(=N)N)C(=O)NC(Cc1ccccc1)C(=O)N2. The summed E-state index contributed by atoms with van der Waals surface area (Å²) >= 11 is 0. The number of hydrogen-bond acceptors (Lipinski definition) is 29. The van der Waals surface area contributed by atoms with Crippen LogP contribution in [0.4, 0.5) is 0 Å². The van der Waals surface area contributed by atoms with E-state index in [1.807, 2.05) is 0 Å². The molecule has 18 amide bonds. The van der Waals surface area contributed by atoms with Crippen LogP contribution in [0, 0.1) is 44.8 Å². The summed E-state index contributed by atoms with van der Waals surface area (Å²) in [5.41, 5.74) is 39.9. The average molecular weight is 2100 g/mol. The molecule has 2 aromatic rings. The van der Waals surface area contributed by atoms with Gasteiger partial charge in [-0.1, -0.05) is 127 Å². The van der Waals surface area contributed by atoms with Gasteiger partial charge in [-0.2, -0.15) is 0 Å². The maximum Gasteiger partial charge on any atom is 0.245 e. The number of rotatable bonds is 45. The zero-order valence-corrected chi connectivity index (χ0v) is 84.6. The molecule has 3 saturated heterocycles. The van der Waals surface area contributed by atoms with Gasteiger partial charge in [0.15, 0.2) is 29.8 Å². The second kappa shape index (κ2) is 63.4. The lowest BCUT2D eigenvalue weighted by molar-refractivity contribution is -0.142. The van der Waals surface area contributed by atoms with Crippen LogP contribution in [0.3, 0.4) is 0 Å². The lowest BCUT2D eigenvalue weighted by Crippen LogP contribution is -2.62. The maximum absolute atomic E-state index is 15.8. The molecule has 5 rings (SSSR count). The summed E-state index contributed by atoms with van der Waals surface area (Å²) in [6.07, 6.45) is -0.382. The Hall–Kier alpha value is -13.6. The van der Waals surface area contributed by atoms with Gasteiger partial charge in [0.1, 0.15) is 90.3 Å². The highest BCUT2D eigenvalue weighted by Gasteiger charge is 2.43. The van der Waals surface area contributed by atoms with E-state index in [9.17, 15) is 43.5 Å². The Balaban J connectivity index is 1.73. The molecular weight excluding hydrogens is 1950 g/mol. The zero-order valence-electron chi connectivity index (χ0n) is 81.3. The van der Waals surface area contributed by atoms with E-state index in [-0.39, 0.29) is 146 Å². The third kappa shape index (κ3) is 45.3. The number of phenols is 1. The van der Waals surface area contributed by atoms with Crippen LogP contribution < -0.4 is 152 Å². The third-order valence-corrected chi connectivity index (χ3v) is 27.2. The minimum atomic E-state index is -1.84. The number of nitrogens with zero attached hydrogens (tertiary/aromatic N) is 1. The molecular formula is C87H142N34O19S4. The summed E-state index contributed by atoms with van der Waals surface area (Å²) in [4.78, 5) is 265. The van der Waals surface area contributed by atoms with Crippen LogP contribution in [0.25, 0.3) is 0 Å². The van der Waals surface area contributed by atoms with E-state index in [1.165, 1.54) is 56.9 Å². The number of hydrogen-bond donors (Lipinski definition) is 34. The number of benzene rings is 2. The van der Waals surface area contributed by atoms with E-state index in [0.29, 0.717) is 12.0 Å². The van der Waals surface area contributed by atoms with Gasteiger partial charge in [-0.15, -0.1) is 0 Å². The first-order valence-corrected chi connectivity index (χ1v) is 52.0. The number of fused-ring (bicyclic) bond motifs is 6. The van der Waals surface area contributed by atoms with Crippen molar-refractivity contribution in [3.8, 4) is 5.75 Å². The van der Waals surface area contributed by atoms with E-state index < -0.39 is 282 Å². The number of nitrogens with one attached hydrogen (secondary N) is 26. The van der Waals surface area contributed by atoms with Gasteiger partial charge >= 0.3 is 0 Å². The Morgan fingerprint density at radius 2 is 0.896 bits per heavy atom. The van der Waals surface area contributed by atoms with Crippen molar-refractivity contribution in [2.45, 2.75) is 228 Å². The first-order chi connectivity index (χ1) is 68.2. The van der Waals surface area contributed by atoms with Crippen molar-refractivity contribution in [2.24, 2.45) is 57.9 Å². The molecule has 2 aromatic carbocycles. The van der Waals surface area contributed by atoms with Gasteiger partial charge in [-0.3, -0.25) is 113 Å². The summed E-state index contributed by atoms with van der Waals surface area (Å²) in [7, 11) is 3.24. The molecule has 57 heteroatoms. The molecule has 0 saturated carbocycles. The lowest BCUT2D eigenvalue weighted by atomic mass is 10.0. The largest absolute Gasteiger partial charge is 0.508 e. The quantitative estimate of drug-likeness (QED) is 0.0127. The van der Waals surface area contributed by atoms with Gasteiger partial charge < -0.3 is 162 Å². The van der Waals surface area contributed by atoms with Gasteiger partial charge in [0, 0.05) is 75.1 Å². The topological polar surface area (TPSA) is 885 Å². The number of carbonyl (C=O) groups is 18. The molecule has 41 N–H and O–H groups in total. The molecule has 0 radical (unpaired) electrons. The van der Waals surface area contributed by atoms with E-state index in [0.717, 1.165) is 43.2 Å². The molecule has 15 unspecified atom stereocenters. The average Bonchev–Trinajstić information content (AvgIpc) is 1.65. The smallest absolute Gasteiger partial charge is 0.245 e. The lowest BCUT2D eigenvalue weighted by Gasteiger charge is -2.32. The monoisotopic (exact) mass is 2100 g/mol. The number of amides is 18. The fourth-order valence-electron chi connectivity index (χ4n) is 14.7. The van der Waals surface area contributed by atoms with Crippen molar-refractivity contribution in [1.29, 1.82) is 27.0 Å². The van der Waals surface area contributed by atoms with Gasteiger partial charge in [0.25, 0.3) is 0 Å². The summed E-state index contributed by atoms with van der Waals surface area (Å²) < 4.78 is 0. The molecule has 3 aliphatic rings. The van der Waals surface area contributed by atoms with Crippen LogP contribution in [0.1, 0.15) is 136 Å². The zero-order chi connectivity index (χ0) is 107. The molecule has 3 fully saturated rings. The van der Waals surface area contributed by atoms with Gasteiger partial charge in [-0.25, -0.2) is 0 Å². The molecule has 53 nitrogen and oxygen atoms in total. The number of nitrogens with two attached hydrogens (primary N) is 7. The van der Waals surface area contributed by atoms with Crippen LogP contribution >= 0.6 is 43.2 Å². The highest BCUT2D eigenvalue weighted by Crippen LogP contribution is 2.28. The minimum Gasteiger partial charge on any atom is -0.508 e. The van der Waals surface area contributed by atoms with Crippen molar-refractivity contribution < 1.29 is 91.4 Å². The molecule has 144 heavy (non-hydrogen) atoms. The molecule has 0 spiro atoms. The molecule has 0 aromatic heterocycles. The summed E-state index contributed by atoms with van der Waals surface area (Å²) in [6.45, 7) is 7.65. The number of phenolic OH excluding ortho intramolecular Hbond substituents is 1. The van der Waals surface area contributed by atoms with E-state index in [2.05, 4.69) is 112 Å². The van der Waals surface area contributed by atoms with Gasteiger partial charge in [0.2, 0.25) is 106 Å². The van der Waals surface area contributed by atoms with Crippen LogP contribution in [-0.4, -0.2) is 319 Å². The van der Waals surface area contributed by atoms with E-state index >= 15 is 47.9 Å². The Morgan fingerprint density at radius 3 is 1.43 bits per heavy atom. The van der Waals surface area contributed by atoms with Crippen LogP contribution in [0.15, 0.2) is 54.6 Å². The molecule has 3 aliphatic heterocycles. The van der Waals surface area contributed by atoms with Crippen molar-refractivity contribution in [3.05, 3.63) is 65.7 Å². The van der Waals surface area contributed by atoms with Crippen molar-refractivity contribution in [3.63, 3.8) is 0 Å². The van der Waals surface area contributed by atoms with Crippen LogP contribution in [0.5, 0.6) is 5.75 Å². The molecule has 3 heterocycles. The number of primary amides is 1. The Labute approximate surface area is 849 Å². The predicted octanol–water partition coefficient (Wildman–Crippen LogP) is -8.90. The molecule has 0 aliphatic carbocycles. The van der Waals surface area contributed by atoms with Gasteiger partial charge in [-0.05, 0) is 124 Å². The summed E-state index contributed by atoms with van der Waals surface area (Å²) in [5, 5.41) is 104. The van der Waals surface area contributed by atoms with Gasteiger partial charge in [0.05, 0.1) is 25.7 Å². The third-order valence-electron chi connectivity index (χ3n) is 22.4. The second-order valence-electron chi connectivity index (χ2n) is 35.4. The summed E-state index contributed by atoms with van der Waals surface area (Å²) in [6, 6.07) is -9.72. The van der Waals surface area contributed by atoms with Crippen LogP contribution in [0.2, 0.25) is 0 Å². The first-order valence-electron chi connectivity index (χ1n) is 47.0. The normalized spacial score (nSPS) is 20.8. The van der Waals surface area contributed by atoms with Crippen molar-refractivity contribution in [2.75, 3.05) is 81.9 Å². The highest BCUT2D eigenvalue weighted by atomic mass is 33.1. The molecule has 798 valence electrons. The predicted molar refractivity (Wildman–Crippen MR) is 543 cm³/mol. The first kappa shape index (κ1) is 121. The number of aromatic hydroxyl groups is 1. The maximum atomic E-state index is 15.8. The Morgan fingerprint density at radius 1 is 0.438 bits per heavy atom. The van der Waals surface area contributed by atoms with E-state index in [1.54, 1.807) is 44.2 Å². The molecule has 2 bridgehead atoms. The van der Waals surface area contributed by atoms with Crippen LogP contribution in [-0.2, 0) is 99.1 Å². The fourth-order valence-corrected chi connectivity index (χ4v) is 19.4. The van der Waals surface area contributed by atoms with Crippen molar-refractivity contribution >= 4 is 179 Å². The number of carbonyl (C=O) groups excluding carboxylic acids is 18. The molecule has 15 atom stereocenters. The van der Waals surface area contributed by atoms with E-state index in [4.69, 9.17) is 67.2 Å². The number of guanidine groups is 5. The highest BCUT2D eigenvalue weighted by molar-refractivity contribution is 8.77.